The Morgan fingerprint density at radius 3 is 2.50 bits per heavy atom. The zero-order valence-electron chi connectivity index (χ0n) is 11.8. The molecule has 0 radical (unpaired) electrons. The highest BCUT2D eigenvalue weighted by molar-refractivity contribution is 5.89. The van der Waals surface area contributed by atoms with Gasteiger partial charge >= 0.3 is 0 Å². The highest BCUT2D eigenvalue weighted by atomic mass is 16.5. The third kappa shape index (κ3) is 2.10. The Bertz CT molecular complexity index is 783. The average Bonchev–Trinajstić information content (AvgIpc) is 2.91. The van der Waals surface area contributed by atoms with Crippen molar-refractivity contribution in [3.63, 3.8) is 0 Å². The van der Waals surface area contributed by atoms with E-state index in [2.05, 4.69) is 41.5 Å². The van der Waals surface area contributed by atoms with Crippen molar-refractivity contribution in [3.05, 3.63) is 72.6 Å². The van der Waals surface area contributed by atoms with Crippen molar-refractivity contribution in [1.82, 2.24) is 4.57 Å². The van der Waals surface area contributed by atoms with Crippen LogP contribution < -0.4 is 4.74 Å². The Kier molecular flexibility index (Phi) is 3.07. The Morgan fingerprint density at radius 1 is 1.05 bits per heavy atom. The van der Waals surface area contributed by atoms with Gasteiger partial charge in [-0.25, -0.2) is 0 Å². The lowest BCUT2D eigenvalue weighted by Gasteiger charge is -2.09. The number of fused-ring (bicyclic) bond motifs is 1. The quantitative estimate of drug-likeness (QED) is 0.689. The number of methoxy groups -OCH3 is 1. The summed E-state index contributed by atoms with van der Waals surface area (Å²) in [5.74, 6) is 0.881. The van der Waals surface area contributed by atoms with Gasteiger partial charge in [-0.1, -0.05) is 24.8 Å². The molecule has 0 bridgehead atoms. The highest BCUT2D eigenvalue weighted by Gasteiger charge is 2.06. The standard InChI is InChI=1S/C18H17NO/c1-13(18-5-4-10-19(18)2)14-6-7-16-12-17(20-3)9-8-15(16)11-14/h4-12H,1H2,2-3H3. The molecule has 100 valence electrons. The van der Waals surface area contributed by atoms with Crippen molar-refractivity contribution in [2.45, 2.75) is 0 Å². The van der Waals surface area contributed by atoms with E-state index in [1.54, 1.807) is 7.11 Å². The van der Waals surface area contributed by atoms with Crippen molar-refractivity contribution < 1.29 is 4.74 Å². The van der Waals surface area contributed by atoms with Crippen LogP contribution in [-0.2, 0) is 7.05 Å². The van der Waals surface area contributed by atoms with Crippen LogP contribution in [0, 0.1) is 0 Å². The average molecular weight is 263 g/mol. The van der Waals surface area contributed by atoms with Gasteiger partial charge in [0.25, 0.3) is 0 Å². The van der Waals surface area contributed by atoms with Gasteiger partial charge in [0, 0.05) is 18.9 Å². The molecule has 3 rings (SSSR count). The first-order valence-electron chi connectivity index (χ1n) is 6.58. The van der Waals surface area contributed by atoms with Crippen LogP contribution in [0.15, 0.2) is 61.3 Å². The molecular weight excluding hydrogens is 246 g/mol. The van der Waals surface area contributed by atoms with Gasteiger partial charge in [-0.15, -0.1) is 0 Å². The van der Waals surface area contributed by atoms with E-state index in [0.29, 0.717) is 0 Å². The Labute approximate surface area is 118 Å². The summed E-state index contributed by atoms with van der Waals surface area (Å²) in [6.45, 7) is 4.22. The van der Waals surface area contributed by atoms with Crippen molar-refractivity contribution in [2.75, 3.05) is 7.11 Å². The molecule has 20 heavy (non-hydrogen) atoms. The van der Waals surface area contributed by atoms with Crippen molar-refractivity contribution in [2.24, 2.45) is 7.05 Å². The van der Waals surface area contributed by atoms with Gasteiger partial charge in [-0.2, -0.15) is 0 Å². The predicted molar refractivity (Wildman–Crippen MR) is 84.0 cm³/mol. The summed E-state index contributed by atoms with van der Waals surface area (Å²) in [6.07, 6.45) is 2.03. The van der Waals surface area contributed by atoms with Crippen molar-refractivity contribution in [1.29, 1.82) is 0 Å². The molecule has 0 aliphatic rings. The number of benzene rings is 2. The monoisotopic (exact) mass is 263 g/mol. The SMILES string of the molecule is C=C(c1ccc2cc(OC)ccc2c1)c1cccn1C. The minimum atomic E-state index is 0.881. The predicted octanol–water partition coefficient (Wildman–Crippen LogP) is 4.25. The van der Waals surface area contributed by atoms with Gasteiger partial charge in [-0.3, -0.25) is 0 Å². The molecule has 1 aromatic heterocycles. The van der Waals surface area contributed by atoms with E-state index in [0.717, 1.165) is 22.6 Å². The largest absolute Gasteiger partial charge is 0.497 e. The second-order valence-corrected chi connectivity index (χ2v) is 4.91. The summed E-state index contributed by atoms with van der Waals surface area (Å²) in [5, 5.41) is 2.37. The van der Waals surface area contributed by atoms with Crippen molar-refractivity contribution in [3.8, 4) is 5.75 Å². The van der Waals surface area contributed by atoms with Gasteiger partial charge in [0.15, 0.2) is 0 Å². The Hall–Kier alpha value is -2.48. The lowest BCUT2D eigenvalue weighted by atomic mass is 10.0. The van der Waals surface area contributed by atoms with Gasteiger partial charge in [0.1, 0.15) is 5.75 Å². The fourth-order valence-corrected chi connectivity index (χ4v) is 2.46. The molecule has 0 N–H and O–H groups in total. The maximum Gasteiger partial charge on any atom is 0.119 e. The van der Waals surface area contributed by atoms with Crippen LogP contribution >= 0.6 is 0 Å². The van der Waals surface area contributed by atoms with Gasteiger partial charge in [0.2, 0.25) is 0 Å². The molecule has 0 saturated heterocycles. The molecule has 1 heterocycles. The maximum absolute atomic E-state index is 5.25. The first-order valence-corrected chi connectivity index (χ1v) is 6.58. The lowest BCUT2D eigenvalue weighted by Crippen LogP contribution is -1.94. The smallest absolute Gasteiger partial charge is 0.119 e. The molecule has 0 aliphatic heterocycles. The first kappa shape index (κ1) is 12.5. The second-order valence-electron chi connectivity index (χ2n) is 4.91. The number of aromatic nitrogens is 1. The lowest BCUT2D eigenvalue weighted by molar-refractivity contribution is 0.415. The molecule has 0 saturated carbocycles. The molecule has 2 aromatic carbocycles. The number of hydrogen-bond acceptors (Lipinski definition) is 1. The van der Waals surface area contributed by atoms with Gasteiger partial charge in [0.05, 0.1) is 7.11 Å². The summed E-state index contributed by atoms with van der Waals surface area (Å²) in [4.78, 5) is 0. The molecule has 0 unspecified atom stereocenters. The Balaban J connectivity index is 2.05. The second kappa shape index (κ2) is 4.89. The summed E-state index contributed by atoms with van der Waals surface area (Å²) in [7, 11) is 3.72. The van der Waals surface area contributed by atoms with E-state index < -0.39 is 0 Å². The third-order valence-electron chi connectivity index (χ3n) is 3.65. The highest BCUT2D eigenvalue weighted by Crippen LogP contribution is 2.27. The van der Waals surface area contributed by atoms with Crippen LogP contribution in [-0.4, -0.2) is 11.7 Å². The zero-order valence-corrected chi connectivity index (χ0v) is 11.8. The maximum atomic E-state index is 5.25. The minimum absolute atomic E-state index is 0.881. The Morgan fingerprint density at radius 2 is 1.80 bits per heavy atom. The number of hydrogen-bond donors (Lipinski definition) is 0. The summed E-state index contributed by atoms with van der Waals surface area (Å²) >= 11 is 0. The molecule has 0 spiro atoms. The van der Waals surface area contributed by atoms with E-state index >= 15 is 0 Å². The van der Waals surface area contributed by atoms with E-state index in [1.807, 2.05) is 31.4 Å². The number of aryl methyl sites for hydroxylation is 1. The van der Waals surface area contributed by atoms with Crippen LogP contribution in [0.4, 0.5) is 0 Å². The normalized spacial score (nSPS) is 10.7. The van der Waals surface area contributed by atoms with Crippen LogP contribution in [0.2, 0.25) is 0 Å². The molecule has 0 atom stereocenters. The number of ether oxygens (including phenoxy) is 1. The van der Waals surface area contributed by atoms with E-state index in [4.69, 9.17) is 4.74 Å². The third-order valence-corrected chi connectivity index (χ3v) is 3.65. The molecule has 0 fully saturated rings. The minimum Gasteiger partial charge on any atom is -0.497 e. The topological polar surface area (TPSA) is 14.2 Å². The van der Waals surface area contributed by atoms with Gasteiger partial charge < -0.3 is 9.30 Å². The zero-order chi connectivity index (χ0) is 14.1. The molecule has 2 nitrogen and oxygen atoms in total. The molecule has 0 aliphatic carbocycles. The molecule has 0 amide bonds. The molecular formula is C18H17NO. The van der Waals surface area contributed by atoms with Gasteiger partial charge in [-0.05, 0) is 52.2 Å². The molecule has 2 heteroatoms. The van der Waals surface area contributed by atoms with Crippen LogP contribution in [0.5, 0.6) is 5.75 Å². The summed E-state index contributed by atoms with van der Waals surface area (Å²) < 4.78 is 7.34. The van der Waals surface area contributed by atoms with E-state index in [1.165, 1.54) is 10.8 Å². The number of nitrogens with zero attached hydrogens (tertiary/aromatic N) is 1. The van der Waals surface area contributed by atoms with Crippen LogP contribution in [0.25, 0.3) is 16.3 Å². The molecule has 3 aromatic rings. The van der Waals surface area contributed by atoms with E-state index in [9.17, 15) is 0 Å². The number of rotatable bonds is 3. The summed E-state index contributed by atoms with van der Waals surface area (Å²) in [5.41, 5.74) is 3.32. The fourth-order valence-electron chi connectivity index (χ4n) is 2.46. The summed E-state index contributed by atoms with van der Waals surface area (Å²) in [6, 6.07) is 16.6. The van der Waals surface area contributed by atoms with Crippen LogP contribution in [0.1, 0.15) is 11.3 Å². The van der Waals surface area contributed by atoms with Crippen LogP contribution in [0.3, 0.4) is 0 Å². The fraction of sp³-hybridized carbons (Fsp3) is 0.111. The first-order chi connectivity index (χ1) is 9.69. The van der Waals surface area contributed by atoms with E-state index in [-0.39, 0.29) is 0 Å². The van der Waals surface area contributed by atoms with Crippen molar-refractivity contribution >= 4 is 16.3 Å².